The van der Waals surface area contributed by atoms with Crippen LogP contribution in [0.4, 0.5) is 0 Å². The molecule has 0 spiro atoms. The van der Waals surface area contributed by atoms with Crippen molar-refractivity contribution in [3.8, 4) is 11.4 Å². The zero-order valence-corrected chi connectivity index (χ0v) is 15.3. The highest BCUT2D eigenvalue weighted by Crippen LogP contribution is 2.20. The Hall–Kier alpha value is -2.70. The highest BCUT2D eigenvalue weighted by Gasteiger charge is 2.23. The van der Waals surface area contributed by atoms with E-state index in [2.05, 4.69) is 15.5 Å². The van der Waals surface area contributed by atoms with Gasteiger partial charge in [-0.3, -0.25) is 9.69 Å². The van der Waals surface area contributed by atoms with Crippen LogP contribution >= 0.6 is 11.6 Å². The van der Waals surface area contributed by atoms with Gasteiger partial charge in [0.15, 0.2) is 0 Å². The molecule has 0 aliphatic rings. The second kappa shape index (κ2) is 8.12. The monoisotopic (exact) mass is 370 g/mol. The molecular formula is C19H19ClN4O2. The maximum Gasteiger partial charge on any atom is 0.246 e. The van der Waals surface area contributed by atoms with E-state index in [0.717, 1.165) is 11.1 Å². The van der Waals surface area contributed by atoms with Crippen LogP contribution in [-0.4, -0.2) is 35.0 Å². The van der Waals surface area contributed by atoms with Crippen LogP contribution in [0.2, 0.25) is 5.02 Å². The number of hydrogen-bond acceptors (Lipinski definition) is 5. The minimum atomic E-state index is -0.397. The third-order valence-corrected chi connectivity index (χ3v) is 4.08. The van der Waals surface area contributed by atoms with Crippen molar-refractivity contribution in [2.75, 3.05) is 14.1 Å². The van der Waals surface area contributed by atoms with Crippen LogP contribution in [0.1, 0.15) is 17.5 Å². The Morgan fingerprint density at radius 3 is 2.65 bits per heavy atom. The van der Waals surface area contributed by atoms with Gasteiger partial charge in [-0.05, 0) is 31.8 Å². The molecule has 0 radical (unpaired) electrons. The largest absolute Gasteiger partial charge is 0.345 e. The van der Waals surface area contributed by atoms with Crippen LogP contribution in [0.5, 0.6) is 0 Å². The summed E-state index contributed by atoms with van der Waals surface area (Å²) >= 11 is 5.98. The molecule has 0 saturated carbocycles. The molecule has 7 heteroatoms. The van der Waals surface area contributed by atoms with Crippen molar-refractivity contribution in [1.29, 1.82) is 0 Å². The average Bonchev–Trinajstić information content (AvgIpc) is 3.10. The molecule has 1 aromatic heterocycles. The minimum absolute atomic E-state index is 0.135. The fraction of sp³-hybridized carbons (Fsp3) is 0.211. The van der Waals surface area contributed by atoms with Gasteiger partial charge in [0.05, 0.1) is 6.54 Å². The molecule has 6 nitrogen and oxygen atoms in total. The van der Waals surface area contributed by atoms with Gasteiger partial charge in [-0.15, -0.1) is 0 Å². The Bertz CT molecular complexity index is 880. The number of amides is 1. The first kappa shape index (κ1) is 18.1. The summed E-state index contributed by atoms with van der Waals surface area (Å²) in [5.74, 6) is 0.631. The lowest BCUT2D eigenvalue weighted by atomic mass is 10.1. The van der Waals surface area contributed by atoms with Gasteiger partial charge >= 0.3 is 0 Å². The average molecular weight is 371 g/mol. The van der Waals surface area contributed by atoms with E-state index >= 15 is 0 Å². The zero-order valence-electron chi connectivity index (χ0n) is 14.5. The summed E-state index contributed by atoms with van der Waals surface area (Å²) in [5, 5.41) is 7.39. The molecule has 3 aromatic rings. The molecule has 26 heavy (non-hydrogen) atoms. The van der Waals surface area contributed by atoms with E-state index in [4.69, 9.17) is 16.1 Å². The first-order chi connectivity index (χ1) is 12.5. The lowest BCUT2D eigenvalue weighted by molar-refractivity contribution is -0.126. The molecule has 1 atom stereocenters. The first-order valence-electron chi connectivity index (χ1n) is 8.12. The van der Waals surface area contributed by atoms with E-state index in [0.29, 0.717) is 16.7 Å². The van der Waals surface area contributed by atoms with Crippen molar-refractivity contribution < 1.29 is 9.32 Å². The third-order valence-electron chi connectivity index (χ3n) is 3.84. The lowest BCUT2D eigenvalue weighted by Gasteiger charge is -2.23. The number of benzene rings is 2. The van der Waals surface area contributed by atoms with Gasteiger partial charge in [0, 0.05) is 10.6 Å². The topological polar surface area (TPSA) is 71.3 Å². The Morgan fingerprint density at radius 2 is 1.96 bits per heavy atom. The molecule has 0 aliphatic carbocycles. The van der Waals surface area contributed by atoms with Gasteiger partial charge in [0.2, 0.25) is 17.6 Å². The lowest BCUT2D eigenvalue weighted by Crippen LogP contribution is -2.36. The zero-order chi connectivity index (χ0) is 18.5. The number of likely N-dealkylation sites (N-methyl/N-ethyl adjacent to an activating group) is 1. The summed E-state index contributed by atoms with van der Waals surface area (Å²) in [5.41, 5.74) is 1.68. The maximum atomic E-state index is 12.6. The number of hydrogen-bond donors (Lipinski definition) is 1. The molecule has 0 bridgehead atoms. The molecule has 2 aromatic carbocycles. The smallest absolute Gasteiger partial charge is 0.246 e. The molecule has 0 aliphatic heterocycles. The van der Waals surface area contributed by atoms with Crippen molar-refractivity contribution in [3.63, 3.8) is 0 Å². The first-order valence-corrected chi connectivity index (χ1v) is 8.50. The van der Waals surface area contributed by atoms with E-state index in [1.165, 1.54) is 0 Å². The van der Waals surface area contributed by atoms with Gasteiger partial charge in [-0.2, -0.15) is 4.98 Å². The van der Waals surface area contributed by atoms with Gasteiger partial charge in [-0.1, -0.05) is 59.2 Å². The van der Waals surface area contributed by atoms with Crippen LogP contribution in [-0.2, 0) is 11.3 Å². The number of carbonyl (C=O) groups is 1. The van der Waals surface area contributed by atoms with Crippen LogP contribution in [0.25, 0.3) is 11.4 Å². The number of rotatable bonds is 6. The van der Waals surface area contributed by atoms with Gasteiger partial charge in [0.1, 0.15) is 6.04 Å². The van der Waals surface area contributed by atoms with E-state index in [9.17, 15) is 4.79 Å². The molecule has 1 heterocycles. The standard InChI is InChI=1S/C19H19ClN4O2/c1-24(2)17(13-7-4-3-5-8-13)19(25)21-12-16-22-18(23-26-16)14-9-6-10-15(20)11-14/h3-11,17H,12H2,1-2H3,(H,21,25). The molecule has 1 amide bonds. The highest BCUT2D eigenvalue weighted by molar-refractivity contribution is 6.30. The summed E-state index contributed by atoms with van der Waals surface area (Å²) in [7, 11) is 3.72. The van der Waals surface area contributed by atoms with Crippen molar-refractivity contribution in [2.24, 2.45) is 0 Å². The number of nitrogens with zero attached hydrogens (tertiary/aromatic N) is 3. The van der Waals surface area contributed by atoms with Crippen LogP contribution in [0, 0.1) is 0 Å². The van der Waals surface area contributed by atoms with E-state index < -0.39 is 6.04 Å². The number of halogens is 1. The molecule has 134 valence electrons. The van der Waals surface area contributed by atoms with Crippen LogP contribution < -0.4 is 5.32 Å². The van der Waals surface area contributed by atoms with Gasteiger partial charge < -0.3 is 9.84 Å². The summed E-state index contributed by atoms with van der Waals surface area (Å²) < 4.78 is 5.22. The van der Waals surface area contributed by atoms with Crippen molar-refractivity contribution in [3.05, 3.63) is 71.1 Å². The predicted molar refractivity (Wildman–Crippen MR) is 99.5 cm³/mol. The molecule has 3 rings (SSSR count). The Labute approximate surface area is 156 Å². The Balaban J connectivity index is 1.68. The quantitative estimate of drug-likeness (QED) is 0.720. The number of nitrogens with one attached hydrogen (secondary N) is 1. The fourth-order valence-corrected chi connectivity index (χ4v) is 2.84. The van der Waals surface area contributed by atoms with Crippen molar-refractivity contribution in [1.82, 2.24) is 20.4 Å². The Kier molecular flexibility index (Phi) is 5.65. The molecule has 1 N–H and O–H groups in total. The molecule has 0 fully saturated rings. The minimum Gasteiger partial charge on any atom is -0.345 e. The van der Waals surface area contributed by atoms with Crippen molar-refractivity contribution in [2.45, 2.75) is 12.6 Å². The predicted octanol–water partition coefficient (Wildman–Crippen LogP) is 3.31. The van der Waals surface area contributed by atoms with E-state index in [-0.39, 0.29) is 12.5 Å². The van der Waals surface area contributed by atoms with E-state index in [1.54, 1.807) is 12.1 Å². The van der Waals surface area contributed by atoms with Gasteiger partial charge in [0.25, 0.3) is 0 Å². The number of carbonyl (C=O) groups excluding carboxylic acids is 1. The summed E-state index contributed by atoms with van der Waals surface area (Å²) in [6.45, 7) is 0.156. The van der Waals surface area contributed by atoms with E-state index in [1.807, 2.05) is 61.5 Å². The van der Waals surface area contributed by atoms with Gasteiger partial charge in [-0.25, -0.2) is 0 Å². The third kappa shape index (κ3) is 4.28. The summed E-state index contributed by atoms with van der Waals surface area (Å²) in [6, 6.07) is 16.4. The Morgan fingerprint density at radius 1 is 1.19 bits per heavy atom. The normalized spacial score (nSPS) is 12.2. The second-order valence-electron chi connectivity index (χ2n) is 6.02. The maximum absolute atomic E-state index is 12.6. The highest BCUT2D eigenvalue weighted by atomic mass is 35.5. The van der Waals surface area contributed by atoms with Crippen LogP contribution in [0.3, 0.4) is 0 Å². The molecule has 1 unspecified atom stereocenters. The van der Waals surface area contributed by atoms with Crippen LogP contribution in [0.15, 0.2) is 59.1 Å². The second-order valence-corrected chi connectivity index (χ2v) is 6.45. The van der Waals surface area contributed by atoms with Crippen molar-refractivity contribution >= 4 is 17.5 Å². The molecule has 0 saturated heterocycles. The SMILES string of the molecule is CN(C)C(C(=O)NCc1nc(-c2cccc(Cl)c2)no1)c1ccccc1. The summed E-state index contributed by atoms with van der Waals surface area (Å²) in [4.78, 5) is 18.8. The number of aromatic nitrogens is 2. The fourth-order valence-electron chi connectivity index (χ4n) is 2.65. The summed E-state index contributed by atoms with van der Waals surface area (Å²) in [6.07, 6.45) is 0. The molecular weight excluding hydrogens is 352 g/mol.